The first-order valence-corrected chi connectivity index (χ1v) is 5.77. The molecule has 0 unspecified atom stereocenters. The smallest absolute Gasteiger partial charge is 0.0703 e. The van der Waals surface area contributed by atoms with Gasteiger partial charge in [-0.05, 0) is 12.8 Å². The number of hydrogen-bond acceptors (Lipinski definition) is 4. The van der Waals surface area contributed by atoms with Crippen LogP contribution >= 0.6 is 0 Å². The monoisotopic (exact) mass is 209 g/mol. The van der Waals surface area contributed by atoms with Gasteiger partial charge in [0, 0.05) is 32.7 Å². The standard InChI is InChI=1S/C11H19N3O/c12-9-11(1-2-11)10-13-3-4-14-5-7-15-8-6-14/h13H,1-8,10H2. The second-order valence-electron chi connectivity index (χ2n) is 4.52. The SMILES string of the molecule is N#CC1(CNCCN2CCOCC2)CC1. The highest BCUT2D eigenvalue weighted by Crippen LogP contribution is 2.43. The van der Waals surface area contributed by atoms with Crippen LogP contribution in [0.25, 0.3) is 0 Å². The zero-order chi connectivity index (χ0) is 10.6. The van der Waals surface area contributed by atoms with Crippen LogP contribution in [-0.2, 0) is 4.74 Å². The lowest BCUT2D eigenvalue weighted by Crippen LogP contribution is -2.41. The molecule has 1 N–H and O–H groups in total. The minimum atomic E-state index is -0.00892. The molecule has 0 spiro atoms. The van der Waals surface area contributed by atoms with Crippen molar-refractivity contribution in [3.05, 3.63) is 0 Å². The molecule has 4 heteroatoms. The second kappa shape index (κ2) is 4.93. The molecule has 0 aromatic carbocycles. The van der Waals surface area contributed by atoms with Gasteiger partial charge in [-0.1, -0.05) is 0 Å². The summed E-state index contributed by atoms with van der Waals surface area (Å²) in [5, 5.41) is 12.3. The van der Waals surface area contributed by atoms with Gasteiger partial charge in [-0.3, -0.25) is 4.90 Å². The number of hydrogen-bond donors (Lipinski definition) is 1. The van der Waals surface area contributed by atoms with Gasteiger partial charge in [0.25, 0.3) is 0 Å². The first-order chi connectivity index (χ1) is 7.35. The zero-order valence-electron chi connectivity index (χ0n) is 9.17. The van der Waals surface area contributed by atoms with Crippen molar-refractivity contribution in [1.82, 2.24) is 10.2 Å². The molecule has 1 saturated heterocycles. The Labute approximate surface area is 91.2 Å². The summed E-state index contributed by atoms with van der Waals surface area (Å²) in [5.41, 5.74) is -0.00892. The highest BCUT2D eigenvalue weighted by Gasteiger charge is 2.42. The number of nitrogens with zero attached hydrogens (tertiary/aromatic N) is 2. The van der Waals surface area contributed by atoms with Crippen molar-refractivity contribution >= 4 is 0 Å². The summed E-state index contributed by atoms with van der Waals surface area (Å²) in [7, 11) is 0. The van der Waals surface area contributed by atoms with E-state index in [1.54, 1.807) is 0 Å². The number of ether oxygens (including phenoxy) is 1. The fourth-order valence-electron chi connectivity index (χ4n) is 1.87. The Morgan fingerprint density at radius 2 is 2.07 bits per heavy atom. The predicted octanol–water partition coefficient (Wildman–Crippen LogP) is 0.212. The maximum absolute atomic E-state index is 8.89. The quantitative estimate of drug-likeness (QED) is 0.658. The van der Waals surface area contributed by atoms with Crippen molar-refractivity contribution in [2.45, 2.75) is 12.8 Å². The van der Waals surface area contributed by atoms with Crippen LogP contribution in [0.1, 0.15) is 12.8 Å². The van der Waals surface area contributed by atoms with Gasteiger partial charge in [0.15, 0.2) is 0 Å². The molecule has 1 saturated carbocycles. The van der Waals surface area contributed by atoms with E-state index in [9.17, 15) is 0 Å². The average Bonchev–Trinajstić information content (AvgIpc) is 3.07. The van der Waals surface area contributed by atoms with Gasteiger partial charge in [0.1, 0.15) is 0 Å². The molecule has 2 rings (SSSR count). The highest BCUT2D eigenvalue weighted by molar-refractivity contribution is 5.10. The summed E-state index contributed by atoms with van der Waals surface area (Å²) in [6.07, 6.45) is 2.15. The molecule has 0 aromatic rings. The van der Waals surface area contributed by atoms with E-state index in [0.717, 1.165) is 58.8 Å². The van der Waals surface area contributed by atoms with Gasteiger partial charge in [-0.15, -0.1) is 0 Å². The Bertz CT molecular complexity index is 239. The van der Waals surface area contributed by atoms with Gasteiger partial charge < -0.3 is 10.1 Å². The number of morpholine rings is 1. The van der Waals surface area contributed by atoms with E-state index in [4.69, 9.17) is 10.00 Å². The molecule has 0 bridgehead atoms. The Balaban J connectivity index is 1.53. The second-order valence-corrected chi connectivity index (χ2v) is 4.52. The van der Waals surface area contributed by atoms with Crippen molar-refractivity contribution in [2.24, 2.45) is 5.41 Å². The lowest BCUT2D eigenvalue weighted by atomic mass is 10.1. The van der Waals surface area contributed by atoms with Gasteiger partial charge in [-0.25, -0.2) is 0 Å². The van der Waals surface area contributed by atoms with Crippen molar-refractivity contribution in [3.8, 4) is 6.07 Å². The zero-order valence-corrected chi connectivity index (χ0v) is 9.17. The lowest BCUT2D eigenvalue weighted by molar-refractivity contribution is 0.0384. The van der Waals surface area contributed by atoms with Gasteiger partial charge in [0.05, 0.1) is 24.7 Å². The Morgan fingerprint density at radius 1 is 1.33 bits per heavy atom. The van der Waals surface area contributed by atoms with Crippen molar-refractivity contribution in [2.75, 3.05) is 45.9 Å². The lowest BCUT2D eigenvalue weighted by Gasteiger charge is -2.26. The molecule has 2 fully saturated rings. The number of rotatable bonds is 5. The molecular weight excluding hydrogens is 190 g/mol. The molecule has 1 aliphatic carbocycles. The van der Waals surface area contributed by atoms with Crippen LogP contribution in [0.4, 0.5) is 0 Å². The third-order valence-electron chi connectivity index (χ3n) is 3.26. The molecule has 15 heavy (non-hydrogen) atoms. The first kappa shape index (κ1) is 10.9. The van der Waals surface area contributed by atoms with Crippen LogP contribution < -0.4 is 5.32 Å². The van der Waals surface area contributed by atoms with Gasteiger partial charge in [-0.2, -0.15) is 5.26 Å². The fraction of sp³-hybridized carbons (Fsp3) is 0.909. The highest BCUT2D eigenvalue weighted by atomic mass is 16.5. The Kier molecular flexibility index (Phi) is 3.57. The molecule has 0 amide bonds. The summed E-state index contributed by atoms with van der Waals surface area (Å²) in [4.78, 5) is 2.41. The average molecular weight is 209 g/mol. The van der Waals surface area contributed by atoms with Crippen LogP contribution in [-0.4, -0.2) is 50.8 Å². The molecular formula is C11H19N3O. The molecule has 84 valence electrons. The first-order valence-electron chi connectivity index (χ1n) is 5.77. The minimum Gasteiger partial charge on any atom is -0.379 e. The third-order valence-corrected chi connectivity index (χ3v) is 3.26. The summed E-state index contributed by atoms with van der Waals surface area (Å²) >= 11 is 0. The number of nitrogens with one attached hydrogen (secondary N) is 1. The normalized spacial score (nSPS) is 24.7. The van der Waals surface area contributed by atoms with E-state index >= 15 is 0 Å². The molecule has 2 aliphatic rings. The maximum Gasteiger partial charge on any atom is 0.0703 e. The van der Waals surface area contributed by atoms with Crippen LogP contribution in [0.2, 0.25) is 0 Å². The number of nitriles is 1. The van der Waals surface area contributed by atoms with Crippen LogP contribution in [0.5, 0.6) is 0 Å². The third kappa shape index (κ3) is 3.16. The molecule has 1 heterocycles. The molecule has 0 aromatic heterocycles. The van der Waals surface area contributed by atoms with Crippen LogP contribution in [0.3, 0.4) is 0 Å². The van der Waals surface area contributed by atoms with E-state index in [1.165, 1.54) is 0 Å². The van der Waals surface area contributed by atoms with Gasteiger partial charge in [0.2, 0.25) is 0 Å². The molecule has 0 atom stereocenters. The van der Waals surface area contributed by atoms with Crippen molar-refractivity contribution < 1.29 is 4.74 Å². The van der Waals surface area contributed by atoms with Crippen molar-refractivity contribution in [1.29, 1.82) is 5.26 Å². The van der Waals surface area contributed by atoms with E-state index < -0.39 is 0 Å². The fourth-order valence-corrected chi connectivity index (χ4v) is 1.87. The summed E-state index contributed by atoms with van der Waals surface area (Å²) in [6, 6.07) is 2.39. The minimum absolute atomic E-state index is 0.00892. The van der Waals surface area contributed by atoms with E-state index in [-0.39, 0.29) is 5.41 Å². The van der Waals surface area contributed by atoms with Crippen LogP contribution in [0.15, 0.2) is 0 Å². The maximum atomic E-state index is 8.89. The largest absolute Gasteiger partial charge is 0.379 e. The van der Waals surface area contributed by atoms with E-state index in [1.807, 2.05) is 0 Å². The van der Waals surface area contributed by atoms with E-state index in [0.29, 0.717) is 0 Å². The Hall–Kier alpha value is -0.630. The summed E-state index contributed by atoms with van der Waals surface area (Å²) < 4.78 is 5.28. The molecule has 4 nitrogen and oxygen atoms in total. The predicted molar refractivity (Wildman–Crippen MR) is 57.4 cm³/mol. The van der Waals surface area contributed by atoms with Gasteiger partial charge >= 0.3 is 0 Å². The molecule has 0 radical (unpaired) electrons. The van der Waals surface area contributed by atoms with E-state index in [2.05, 4.69) is 16.3 Å². The van der Waals surface area contributed by atoms with Crippen LogP contribution in [0, 0.1) is 16.7 Å². The van der Waals surface area contributed by atoms with Crippen molar-refractivity contribution in [3.63, 3.8) is 0 Å². The topological polar surface area (TPSA) is 48.3 Å². The summed E-state index contributed by atoms with van der Waals surface area (Å²) in [5.74, 6) is 0. The Morgan fingerprint density at radius 3 is 2.67 bits per heavy atom. The summed E-state index contributed by atoms with van der Waals surface area (Å²) in [6.45, 7) is 6.75. The molecule has 1 aliphatic heterocycles.